The van der Waals surface area contributed by atoms with Crippen molar-refractivity contribution < 1.29 is 9.84 Å². The van der Waals surface area contributed by atoms with E-state index in [9.17, 15) is 5.11 Å². The molecule has 0 spiro atoms. The molecule has 15 heavy (non-hydrogen) atoms. The number of methoxy groups -OCH3 is 1. The van der Waals surface area contributed by atoms with E-state index < -0.39 is 0 Å². The number of nitriles is 1. The fourth-order valence-electron chi connectivity index (χ4n) is 1.66. The van der Waals surface area contributed by atoms with E-state index in [-0.39, 0.29) is 11.5 Å². The van der Waals surface area contributed by atoms with Gasteiger partial charge in [-0.05, 0) is 31.2 Å². The lowest BCUT2D eigenvalue weighted by atomic mass is 10.0. The monoisotopic (exact) mass is 212 g/mol. The summed E-state index contributed by atoms with van der Waals surface area (Å²) < 4.78 is 4.83. The number of hydrogen-bond donors (Lipinski definition) is 2. The maximum atomic E-state index is 9.38. The highest BCUT2D eigenvalue weighted by Crippen LogP contribution is 2.47. The molecule has 4 nitrogen and oxygen atoms in total. The van der Waals surface area contributed by atoms with Crippen molar-refractivity contribution in [2.75, 3.05) is 26.8 Å². The largest absolute Gasteiger partial charge is 0.391 e. The average Bonchev–Trinajstić information content (AvgIpc) is 2.95. The molecule has 0 aliphatic heterocycles. The van der Waals surface area contributed by atoms with Crippen LogP contribution in [0.15, 0.2) is 0 Å². The summed E-state index contributed by atoms with van der Waals surface area (Å²) in [4.78, 5) is 0. The molecule has 0 amide bonds. The van der Waals surface area contributed by atoms with E-state index >= 15 is 0 Å². The number of nitrogens with one attached hydrogen (secondary N) is 1. The molecule has 0 radical (unpaired) electrons. The SMILES string of the molecule is COCC(O)CCNCC1(CC#N)CC1. The maximum absolute atomic E-state index is 9.38. The molecule has 2 N–H and O–H groups in total. The molecule has 0 aromatic carbocycles. The first-order valence-corrected chi connectivity index (χ1v) is 5.47. The Morgan fingerprint density at radius 2 is 2.33 bits per heavy atom. The predicted molar refractivity (Wildman–Crippen MR) is 57.3 cm³/mol. The minimum atomic E-state index is -0.381. The topological polar surface area (TPSA) is 65.3 Å². The summed E-state index contributed by atoms with van der Waals surface area (Å²) in [6, 6.07) is 2.23. The van der Waals surface area contributed by atoms with Crippen molar-refractivity contribution in [2.24, 2.45) is 5.41 Å². The molecular formula is C11H20N2O2. The second-order valence-corrected chi connectivity index (χ2v) is 4.41. The first kappa shape index (κ1) is 12.4. The van der Waals surface area contributed by atoms with E-state index in [0.717, 1.165) is 25.9 Å². The molecule has 0 bridgehead atoms. The Kier molecular flexibility index (Phi) is 5.03. The molecule has 0 aromatic heterocycles. The number of nitrogens with zero attached hydrogens (tertiary/aromatic N) is 1. The Morgan fingerprint density at radius 3 is 2.87 bits per heavy atom. The van der Waals surface area contributed by atoms with Gasteiger partial charge in [0.15, 0.2) is 0 Å². The van der Waals surface area contributed by atoms with Gasteiger partial charge in [-0.1, -0.05) is 0 Å². The zero-order valence-corrected chi connectivity index (χ0v) is 9.33. The fraction of sp³-hybridized carbons (Fsp3) is 0.909. The molecule has 1 aliphatic rings. The van der Waals surface area contributed by atoms with Crippen molar-refractivity contribution in [1.82, 2.24) is 5.32 Å². The third kappa shape index (κ3) is 4.61. The van der Waals surface area contributed by atoms with Crippen molar-refractivity contribution in [3.63, 3.8) is 0 Å². The quantitative estimate of drug-likeness (QED) is 0.580. The van der Waals surface area contributed by atoms with Crippen molar-refractivity contribution >= 4 is 0 Å². The van der Waals surface area contributed by atoms with Crippen LogP contribution in [-0.4, -0.2) is 38.0 Å². The molecule has 86 valence electrons. The minimum absolute atomic E-state index is 0.251. The van der Waals surface area contributed by atoms with Gasteiger partial charge in [-0.3, -0.25) is 0 Å². The molecule has 1 fully saturated rings. The van der Waals surface area contributed by atoms with Crippen LogP contribution in [0.4, 0.5) is 0 Å². The van der Waals surface area contributed by atoms with Gasteiger partial charge < -0.3 is 15.2 Å². The highest BCUT2D eigenvalue weighted by atomic mass is 16.5. The number of rotatable bonds is 8. The van der Waals surface area contributed by atoms with Gasteiger partial charge in [0.2, 0.25) is 0 Å². The van der Waals surface area contributed by atoms with E-state index in [0.29, 0.717) is 19.4 Å². The Labute approximate surface area is 91.2 Å². The van der Waals surface area contributed by atoms with Gasteiger partial charge in [0.1, 0.15) is 0 Å². The first-order chi connectivity index (χ1) is 7.22. The summed E-state index contributed by atoms with van der Waals surface area (Å²) in [5.41, 5.74) is 0.251. The molecule has 1 unspecified atom stereocenters. The highest BCUT2D eigenvalue weighted by molar-refractivity contribution is 5.00. The molecule has 1 saturated carbocycles. The van der Waals surface area contributed by atoms with Crippen molar-refractivity contribution in [2.45, 2.75) is 31.8 Å². The second-order valence-electron chi connectivity index (χ2n) is 4.41. The molecule has 0 saturated heterocycles. The van der Waals surface area contributed by atoms with Crippen LogP contribution in [0.3, 0.4) is 0 Å². The lowest BCUT2D eigenvalue weighted by Gasteiger charge is -2.14. The van der Waals surface area contributed by atoms with Gasteiger partial charge in [-0.15, -0.1) is 0 Å². The van der Waals surface area contributed by atoms with Gasteiger partial charge in [0.25, 0.3) is 0 Å². The summed E-state index contributed by atoms with van der Waals surface area (Å²) >= 11 is 0. The summed E-state index contributed by atoms with van der Waals surface area (Å²) in [5, 5.41) is 21.3. The third-order valence-electron chi connectivity index (χ3n) is 2.92. The Bertz CT molecular complexity index is 221. The van der Waals surface area contributed by atoms with Crippen LogP contribution in [0.2, 0.25) is 0 Å². The Hall–Kier alpha value is -0.630. The molecule has 4 heteroatoms. The summed E-state index contributed by atoms with van der Waals surface area (Å²) in [5.74, 6) is 0. The zero-order valence-electron chi connectivity index (χ0n) is 9.33. The molecule has 1 atom stereocenters. The number of ether oxygens (including phenoxy) is 1. The van der Waals surface area contributed by atoms with Gasteiger partial charge in [-0.25, -0.2) is 0 Å². The van der Waals surface area contributed by atoms with Crippen LogP contribution in [0.5, 0.6) is 0 Å². The normalized spacial score (nSPS) is 19.5. The summed E-state index contributed by atoms with van der Waals surface area (Å²) in [7, 11) is 1.59. The lowest BCUT2D eigenvalue weighted by Crippen LogP contribution is -2.28. The lowest BCUT2D eigenvalue weighted by molar-refractivity contribution is 0.0592. The van der Waals surface area contributed by atoms with Gasteiger partial charge in [-0.2, -0.15) is 5.26 Å². The fourth-order valence-corrected chi connectivity index (χ4v) is 1.66. The molecule has 0 aromatic rings. The summed E-state index contributed by atoms with van der Waals surface area (Å²) in [6.45, 7) is 2.09. The van der Waals surface area contributed by atoms with Crippen molar-refractivity contribution in [3.05, 3.63) is 0 Å². The van der Waals surface area contributed by atoms with Crippen LogP contribution in [-0.2, 0) is 4.74 Å². The van der Waals surface area contributed by atoms with E-state index in [2.05, 4.69) is 11.4 Å². The second kappa shape index (κ2) is 6.06. The predicted octanol–water partition coefficient (Wildman–Crippen LogP) is 0.667. The first-order valence-electron chi connectivity index (χ1n) is 5.47. The van der Waals surface area contributed by atoms with E-state index in [1.807, 2.05) is 0 Å². The van der Waals surface area contributed by atoms with Crippen LogP contribution in [0, 0.1) is 16.7 Å². The van der Waals surface area contributed by atoms with Crippen LogP contribution in [0.25, 0.3) is 0 Å². The standard InChI is InChI=1S/C11H20N2O2/c1-15-8-10(14)2-7-13-9-11(3-4-11)5-6-12/h10,13-14H,2-5,7-9H2,1H3. The number of aliphatic hydroxyl groups is 1. The van der Waals surface area contributed by atoms with Gasteiger partial charge in [0.05, 0.1) is 18.8 Å². The van der Waals surface area contributed by atoms with Crippen LogP contribution >= 0.6 is 0 Å². The Balaban J connectivity index is 2.00. The molecule has 0 heterocycles. The number of hydrogen-bond acceptors (Lipinski definition) is 4. The third-order valence-corrected chi connectivity index (χ3v) is 2.92. The van der Waals surface area contributed by atoms with E-state index in [1.165, 1.54) is 0 Å². The zero-order chi connectivity index (χ0) is 11.1. The number of aliphatic hydroxyl groups excluding tert-OH is 1. The minimum Gasteiger partial charge on any atom is -0.391 e. The average molecular weight is 212 g/mol. The van der Waals surface area contributed by atoms with Crippen molar-refractivity contribution in [1.29, 1.82) is 5.26 Å². The van der Waals surface area contributed by atoms with Crippen molar-refractivity contribution in [3.8, 4) is 6.07 Å². The van der Waals surface area contributed by atoms with Crippen LogP contribution in [0.1, 0.15) is 25.7 Å². The van der Waals surface area contributed by atoms with Gasteiger partial charge >= 0.3 is 0 Å². The maximum Gasteiger partial charge on any atom is 0.0785 e. The summed E-state index contributed by atoms with van der Waals surface area (Å²) in [6.07, 6.45) is 3.30. The highest BCUT2D eigenvalue weighted by Gasteiger charge is 2.41. The smallest absolute Gasteiger partial charge is 0.0785 e. The Morgan fingerprint density at radius 1 is 1.60 bits per heavy atom. The molecule has 1 rings (SSSR count). The van der Waals surface area contributed by atoms with E-state index in [4.69, 9.17) is 10.00 Å². The van der Waals surface area contributed by atoms with Gasteiger partial charge in [0, 0.05) is 20.1 Å². The van der Waals surface area contributed by atoms with Crippen LogP contribution < -0.4 is 5.32 Å². The molecular weight excluding hydrogens is 192 g/mol. The van der Waals surface area contributed by atoms with E-state index in [1.54, 1.807) is 7.11 Å². The molecule has 1 aliphatic carbocycles.